The summed E-state index contributed by atoms with van der Waals surface area (Å²) in [5, 5.41) is 12.0. The largest absolute Gasteiger partial charge is 0.309 e. The highest BCUT2D eigenvalue weighted by Crippen LogP contribution is 2.12. The van der Waals surface area contributed by atoms with E-state index in [1.54, 1.807) is 12.3 Å². The van der Waals surface area contributed by atoms with Crippen molar-refractivity contribution >= 4 is 9.84 Å². The highest BCUT2D eigenvalue weighted by molar-refractivity contribution is 7.91. The van der Waals surface area contributed by atoms with Gasteiger partial charge in [0.05, 0.1) is 11.5 Å². The Balaban J connectivity index is 1.97. The van der Waals surface area contributed by atoms with Crippen molar-refractivity contribution in [1.82, 2.24) is 10.3 Å². The van der Waals surface area contributed by atoms with Crippen molar-refractivity contribution in [1.29, 1.82) is 5.26 Å². The molecule has 0 saturated carbocycles. The highest BCUT2D eigenvalue weighted by atomic mass is 32.2. The Kier molecular flexibility index (Phi) is 3.41. The molecule has 6 heteroatoms. The lowest BCUT2D eigenvalue weighted by molar-refractivity contribution is 0.553. The molecule has 0 amide bonds. The van der Waals surface area contributed by atoms with Gasteiger partial charge in [-0.15, -0.1) is 0 Å². The van der Waals surface area contributed by atoms with Gasteiger partial charge in [0.2, 0.25) is 0 Å². The molecule has 90 valence electrons. The second kappa shape index (κ2) is 4.82. The first-order valence-electron chi connectivity index (χ1n) is 5.38. The molecule has 2 rings (SSSR count). The van der Waals surface area contributed by atoms with Crippen LogP contribution >= 0.6 is 0 Å². The molecular formula is C11H13N3O2S. The van der Waals surface area contributed by atoms with Crippen molar-refractivity contribution in [3.63, 3.8) is 0 Å². The maximum Gasteiger partial charge on any atom is 0.151 e. The average Bonchev–Trinajstić information content (AvgIpc) is 2.67. The van der Waals surface area contributed by atoms with Crippen molar-refractivity contribution in [3.05, 3.63) is 29.6 Å². The summed E-state index contributed by atoms with van der Waals surface area (Å²) in [4.78, 5) is 3.95. The standard InChI is InChI=1S/C11H13N3O2S/c12-6-11-9(2-1-4-13-11)7-14-10-3-5-17(15,16)8-10/h1-2,4,10,14H,3,5,7-8H2. The minimum Gasteiger partial charge on any atom is -0.309 e. The van der Waals surface area contributed by atoms with E-state index in [0.29, 0.717) is 18.7 Å². The van der Waals surface area contributed by atoms with Crippen molar-refractivity contribution in [2.24, 2.45) is 0 Å². The van der Waals surface area contributed by atoms with Gasteiger partial charge in [-0.05, 0) is 12.5 Å². The quantitative estimate of drug-likeness (QED) is 0.831. The zero-order valence-electron chi connectivity index (χ0n) is 9.26. The molecule has 0 bridgehead atoms. The lowest BCUT2D eigenvalue weighted by Gasteiger charge is -2.10. The van der Waals surface area contributed by atoms with E-state index in [1.165, 1.54) is 0 Å². The van der Waals surface area contributed by atoms with Crippen LogP contribution in [0.1, 0.15) is 17.7 Å². The summed E-state index contributed by atoms with van der Waals surface area (Å²) in [6.45, 7) is 0.483. The van der Waals surface area contributed by atoms with Crippen LogP contribution in [-0.2, 0) is 16.4 Å². The van der Waals surface area contributed by atoms with Crippen LogP contribution < -0.4 is 5.32 Å². The van der Waals surface area contributed by atoms with Crippen molar-refractivity contribution in [3.8, 4) is 6.07 Å². The molecule has 0 spiro atoms. The van der Waals surface area contributed by atoms with Gasteiger partial charge in [0, 0.05) is 24.3 Å². The molecule has 1 N–H and O–H groups in total. The lowest BCUT2D eigenvalue weighted by atomic mass is 10.2. The van der Waals surface area contributed by atoms with Crippen molar-refractivity contribution < 1.29 is 8.42 Å². The van der Waals surface area contributed by atoms with Gasteiger partial charge in [0.15, 0.2) is 9.84 Å². The molecule has 1 atom stereocenters. The van der Waals surface area contributed by atoms with Gasteiger partial charge in [-0.25, -0.2) is 13.4 Å². The fourth-order valence-electron chi connectivity index (χ4n) is 1.89. The Bertz CT molecular complexity index is 548. The summed E-state index contributed by atoms with van der Waals surface area (Å²) < 4.78 is 22.5. The molecule has 1 unspecified atom stereocenters. The molecule has 0 aliphatic carbocycles. The monoisotopic (exact) mass is 251 g/mol. The average molecular weight is 251 g/mol. The van der Waals surface area contributed by atoms with Crippen LogP contribution in [0, 0.1) is 11.3 Å². The van der Waals surface area contributed by atoms with E-state index in [2.05, 4.69) is 10.3 Å². The zero-order chi connectivity index (χ0) is 12.3. The third-order valence-electron chi connectivity index (χ3n) is 2.81. The van der Waals surface area contributed by atoms with E-state index in [0.717, 1.165) is 5.56 Å². The van der Waals surface area contributed by atoms with Crippen molar-refractivity contribution in [2.75, 3.05) is 11.5 Å². The SMILES string of the molecule is N#Cc1ncccc1CNC1CCS(=O)(=O)C1. The Labute approximate surface area is 100 Å². The van der Waals surface area contributed by atoms with E-state index >= 15 is 0 Å². The number of nitrogens with zero attached hydrogens (tertiary/aromatic N) is 2. The minimum absolute atomic E-state index is 0.00764. The first-order valence-corrected chi connectivity index (χ1v) is 7.21. The first kappa shape index (κ1) is 12.0. The Morgan fingerprint density at radius 2 is 2.41 bits per heavy atom. The molecule has 5 nitrogen and oxygen atoms in total. The summed E-state index contributed by atoms with van der Waals surface area (Å²) in [5.74, 6) is 0.442. The summed E-state index contributed by atoms with van der Waals surface area (Å²) in [6, 6.07) is 5.60. The number of hydrogen-bond donors (Lipinski definition) is 1. The number of nitrogens with one attached hydrogen (secondary N) is 1. The number of hydrogen-bond acceptors (Lipinski definition) is 5. The topological polar surface area (TPSA) is 82.8 Å². The molecule has 1 aliphatic rings. The summed E-state index contributed by atoms with van der Waals surface area (Å²) in [5.41, 5.74) is 1.19. The number of nitriles is 1. The van der Waals surface area contributed by atoms with E-state index in [4.69, 9.17) is 5.26 Å². The minimum atomic E-state index is -2.86. The molecule has 1 aromatic heterocycles. The van der Waals surface area contributed by atoms with Gasteiger partial charge in [-0.2, -0.15) is 5.26 Å². The normalized spacial score (nSPS) is 22.2. The van der Waals surface area contributed by atoms with Crippen LogP contribution in [0.5, 0.6) is 0 Å². The third-order valence-corrected chi connectivity index (χ3v) is 4.58. The second-order valence-electron chi connectivity index (χ2n) is 4.10. The van der Waals surface area contributed by atoms with Crippen LogP contribution in [-0.4, -0.2) is 30.9 Å². The molecule has 0 radical (unpaired) electrons. The smallest absolute Gasteiger partial charge is 0.151 e. The molecule has 0 aromatic carbocycles. The Morgan fingerprint density at radius 3 is 3.06 bits per heavy atom. The van der Waals surface area contributed by atoms with E-state index in [1.807, 2.05) is 12.1 Å². The van der Waals surface area contributed by atoms with Gasteiger partial charge in [0.1, 0.15) is 11.8 Å². The van der Waals surface area contributed by atoms with Crippen LogP contribution in [0.15, 0.2) is 18.3 Å². The number of rotatable bonds is 3. The van der Waals surface area contributed by atoms with Gasteiger partial charge < -0.3 is 5.32 Å². The molecule has 17 heavy (non-hydrogen) atoms. The predicted octanol–water partition coefficient (Wildman–Crippen LogP) is 0.230. The van der Waals surface area contributed by atoms with Crippen LogP contribution in [0.2, 0.25) is 0 Å². The molecule has 2 heterocycles. The fourth-order valence-corrected chi connectivity index (χ4v) is 3.60. The highest BCUT2D eigenvalue weighted by Gasteiger charge is 2.27. The molecular weight excluding hydrogens is 238 g/mol. The second-order valence-corrected chi connectivity index (χ2v) is 6.33. The Hall–Kier alpha value is -1.45. The summed E-state index contributed by atoms with van der Waals surface area (Å²) in [7, 11) is -2.86. The molecule has 1 aromatic rings. The lowest BCUT2D eigenvalue weighted by Crippen LogP contribution is -2.29. The van der Waals surface area contributed by atoms with E-state index in [-0.39, 0.29) is 17.5 Å². The van der Waals surface area contributed by atoms with Crippen molar-refractivity contribution in [2.45, 2.75) is 19.0 Å². The predicted molar refractivity (Wildman–Crippen MR) is 62.9 cm³/mol. The van der Waals surface area contributed by atoms with Gasteiger partial charge in [-0.3, -0.25) is 0 Å². The molecule has 1 fully saturated rings. The van der Waals surface area contributed by atoms with Gasteiger partial charge >= 0.3 is 0 Å². The Morgan fingerprint density at radius 1 is 1.59 bits per heavy atom. The molecule has 1 saturated heterocycles. The third kappa shape index (κ3) is 3.02. The first-order chi connectivity index (χ1) is 8.11. The van der Waals surface area contributed by atoms with Crippen LogP contribution in [0.3, 0.4) is 0 Å². The van der Waals surface area contributed by atoms with E-state index in [9.17, 15) is 8.42 Å². The molecule has 1 aliphatic heterocycles. The fraction of sp³-hybridized carbons (Fsp3) is 0.455. The van der Waals surface area contributed by atoms with Crippen LogP contribution in [0.25, 0.3) is 0 Å². The van der Waals surface area contributed by atoms with Crippen LogP contribution in [0.4, 0.5) is 0 Å². The number of pyridine rings is 1. The summed E-state index contributed by atoms with van der Waals surface area (Å²) in [6.07, 6.45) is 2.21. The van der Waals surface area contributed by atoms with E-state index < -0.39 is 9.84 Å². The number of sulfone groups is 1. The summed E-state index contributed by atoms with van der Waals surface area (Å²) >= 11 is 0. The maximum absolute atomic E-state index is 11.3. The van der Waals surface area contributed by atoms with Gasteiger partial charge in [-0.1, -0.05) is 6.07 Å². The number of aromatic nitrogens is 1. The van der Waals surface area contributed by atoms with Gasteiger partial charge in [0.25, 0.3) is 0 Å². The maximum atomic E-state index is 11.3. The zero-order valence-corrected chi connectivity index (χ0v) is 10.1.